The minimum absolute atomic E-state index is 0.116. The van der Waals surface area contributed by atoms with Gasteiger partial charge in [0.2, 0.25) is 0 Å². The number of carbonyl (C=O) groups excluding carboxylic acids is 2. The summed E-state index contributed by atoms with van der Waals surface area (Å²) in [6.45, 7) is 3.39. The Balaban J connectivity index is 2.89. The number of rotatable bonds is 6. The van der Waals surface area contributed by atoms with E-state index in [2.05, 4.69) is 0 Å². The van der Waals surface area contributed by atoms with Crippen molar-refractivity contribution in [3.05, 3.63) is 35.9 Å². The van der Waals surface area contributed by atoms with Gasteiger partial charge in [-0.05, 0) is 24.6 Å². The number of ketones is 2. The van der Waals surface area contributed by atoms with E-state index >= 15 is 0 Å². The van der Waals surface area contributed by atoms with Gasteiger partial charge in [0.15, 0.2) is 5.78 Å². The summed E-state index contributed by atoms with van der Waals surface area (Å²) >= 11 is 5.12. The van der Waals surface area contributed by atoms with Crippen molar-refractivity contribution in [3.8, 4) is 0 Å². The number of carbonyl (C=O) groups is 2. The lowest BCUT2D eigenvalue weighted by Gasteiger charge is -2.12. The van der Waals surface area contributed by atoms with Gasteiger partial charge < -0.3 is 0 Å². The molecule has 3 heteroatoms. The first kappa shape index (κ1) is 13.7. The summed E-state index contributed by atoms with van der Waals surface area (Å²) in [6, 6.07) is 8.89. The minimum atomic E-state index is -0.621. The second-order valence-corrected chi connectivity index (χ2v) is 4.57. The first-order valence-corrected chi connectivity index (χ1v) is 6.08. The SMILES string of the molecule is CCC(=S)CC(C(C)=O)C(=O)c1ccccc1. The van der Waals surface area contributed by atoms with E-state index in [9.17, 15) is 9.59 Å². The van der Waals surface area contributed by atoms with Crippen molar-refractivity contribution in [2.24, 2.45) is 5.92 Å². The van der Waals surface area contributed by atoms with Crippen LogP contribution >= 0.6 is 12.2 Å². The average molecular weight is 248 g/mol. The summed E-state index contributed by atoms with van der Waals surface area (Å²) < 4.78 is 0. The van der Waals surface area contributed by atoms with Crippen LogP contribution in [0, 0.1) is 5.92 Å². The van der Waals surface area contributed by atoms with Gasteiger partial charge in [-0.25, -0.2) is 0 Å². The molecule has 0 radical (unpaired) electrons. The molecule has 1 atom stereocenters. The van der Waals surface area contributed by atoms with Crippen LogP contribution in [-0.2, 0) is 4.79 Å². The summed E-state index contributed by atoms with van der Waals surface area (Å²) in [5.74, 6) is -0.867. The maximum Gasteiger partial charge on any atom is 0.173 e. The van der Waals surface area contributed by atoms with Crippen LogP contribution < -0.4 is 0 Å². The summed E-state index contributed by atoms with van der Waals surface area (Å²) in [7, 11) is 0. The normalized spacial score (nSPS) is 11.9. The van der Waals surface area contributed by atoms with Gasteiger partial charge in [-0.1, -0.05) is 49.5 Å². The lowest BCUT2D eigenvalue weighted by Crippen LogP contribution is -2.24. The number of hydrogen-bond acceptors (Lipinski definition) is 3. The highest BCUT2D eigenvalue weighted by Crippen LogP contribution is 2.15. The van der Waals surface area contributed by atoms with E-state index in [0.29, 0.717) is 12.0 Å². The van der Waals surface area contributed by atoms with Crippen LogP contribution in [-0.4, -0.2) is 16.4 Å². The van der Waals surface area contributed by atoms with Crippen LogP contribution in [0.15, 0.2) is 30.3 Å². The highest BCUT2D eigenvalue weighted by atomic mass is 32.1. The Bertz CT molecular complexity index is 423. The van der Waals surface area contributed by atoms with E-state index < -0.39 is 5.92 Å². The van der Waals surface area contributed by atoms with Crippen molar-refractivity contribution in [3.63, 3.8) is 0 Å². The molecule has 0 bridgehead atoms. The summed E-state index contributed by atoms with van der Waals surface area (Å²) in [4.78, 5) is 24.5. The molecular weight excluding hydrogens is 232 g/mol. The molecule has 2 nitrogen and oxygen atoms in total. The number of benzene rings is 1. The molecule has 0 aromatic heterocycles. The molecule has 1 aromatic rings. The topological polar surface area (TPSA) is 34.1 Å². The maximum absolute atomic E-state index is 12.2. The van der Waals surface area contributed by atoms with E-state index in [4.69, 9.17) is 12.2 Å². The highest BCUT2D eigenvalue weighted by molar-refractivity contribution is 7.80. The summed E-state index contributed by atoms with van der Waals surface area (Å²) in [5, 5.41) is 0. The van der Waals surface area contributed by atoms with Crippen molar-refractivity contribution in [1.29, 1.82) is 0 Å². The smallest absolute Gasteiger partial charge is 0.173 e. The fourth-order valence-corrected chi connectivity index (χ4v) is 1.76. The number of thiocarbonyl (C=S) groups is 1. The largest absolute Gasteiger partial charge is 0.299 e. The predicted molar refractivity (Wildman–Crippen MR) is 72.4 cm³/mol. The molecule has 0 spiro atoms. The van der Waals surface area contributed by atoms with E-state index in [1.165, 1.54) is 6.92 Å². The maximum atomic E-state index is 12.2. The third-order valence-electron chi connectivity index (χ3n) is 2.69. The fourth-order valence-electron chi connectivity index (χ4n) is 1.60. The van der Waals surface area contributed by atoms with Crippen molar-refractivity contribution >= 4 is 28.6 Å². The summed E-state index contributed by atoms with van der Waals surface area (Å²) in [5.41, 5.74) is 0.576. The molecule has 0 fully saturated rings. The van der Waals surface area contributed by atoms with E-state index in [1.54, 1.807) is 24.3 Å². The Hall–Kier alpha value is -1.35. The number of hydrogen-bond donors (Lipinski definition) is 0. The van der Waals surface area contributed by atoms with Gasteiger partial charge in [-0.3, -0.25) is 9.59 Å². The Labute approximate surface area is 107 Å². The molecule has 0 saturated heterocycles. The van der Waals surface area contributed by atoms with Crippen molar-refractivity contribution < 1.29 is 9.59 Å². The van der Waals surface area contributed by atoms with Gasteiger partial charge in [-0.2, -0.15) is 0 Å². The third-order valence-corrected chi connectivity index (χ3v) is 3.15. The van der Waals surface area contributed by atoms with Crippen LogP contribution in [0.25, 0.3) is 0 Å². The van der Waals surface area contributed by atoms with Gasteiger partial charge >= 0.3 is 0 Å². The fraction of sp³-hybridized carbons (Fsp3) is 0.357. The zero-order valence-corrected chi connectivity index (χ0v) is 10.9. The van der Waals surface area contributed by atoms with E-state index in [0.717, 1.165) is 11.3 Å². The molecule has 1 rings (SSSR count). The molecule has 90 valence electrons. The van der Waals surface area contributed by atoms with Crippen molar-refractivity contribution in [2.75, 3.05) is 0 Å². The van der Waals surface area contributed by atoms with Gasteiger partial charge in [0, 0.05) is 5.56 Å². The zero-order chi connectivity index (χ0) is 12.8. The Morgan fingerprint density at radius 3 is 2.29 bits per heavy atom. The van der Waals surface area contributed by atoms with Gasteiger partial charge in [0.1, 0.15) is 5.78 Å². The second kappa shape index (κ2) is 6.40. The zero-order valence-electron chi connectivity index (χ0n) is 10.1. The molecule has 0 aliphatic carbocycles. The molecular formula is C14H16O2S. The predicted octanol–water partition coefficient (Wildman–Crippen LogP) is 3.24. The molecule has 0 amide bonds. The standard InChI is InChI=1S/C14H16O2S/c1-3-12(17)9-13(10(2)15)14(16)11-7-5-4-6-8-11/h4-8,13H,3,9H2,1-2H3. The first-order chi connectivity index (χ1) is 8.06. The average Bonchev–Trinajstić information content (AvgIpc) is 2.35. The Morgan fingerprint density at radius 2 is 1.82 bits per heavy atom. The third kappa shape index (κ3) is 3.86. The quantitative estimate of drug-likeness (QED) is 0.440. The molecule has 0 saturated carbocycles. The number of Topliss-reactive ketones (excluding diaryl/α,β-unsaturated/α-hetero) is 2. The summed E-state index contributed by atoms with van der Waals surface area (Å²) in [6.07, 6.45) is 1.11. The van der Waals surface area contributed by atoms with Gasteiger partial charge in [0.05, 0.1) is 5.92 Å². The van der Waals surface area contributed by atoms with Crippen LogP contribution in [0.4, 0.5) is 0 Å². The Morgan fingerprint density at radius 1 is 1.24 bits per heavy atom. The monoisotopic (exact) mass is 248 g/mol. The molecule has 0 heterocycles. The van der Waals surface area contributed by atoms with Crippen LogP contribution in [0.3, 0.4) is 0 Å². The molecule has 1 unspecified atom stereocenters. The van der Waals surface area contributed by atoms with Gasteiger partial charge in [-0.15, -0.1) is 0 Å². The van der Waals surface area contributed by atoms with Crippen LogP contribution in [0.2, 0.25) is 0 Å². The Kier molecular flexibility index (Phi) is 5.16. The first-order valence-electron chi connectivity index (χ1n) is 5.67. The van der Waals surface area contributed by atoms with E-state index in [1.807, 2.05) is 13.0 Å². The molecule has 17 heavy (non-hydrogen) atoms. The molecule has 1 aromatic carbocycles. The second-order valence-electron chi connectivity index (χ2n) is 3.99. The van der Waals surface area contributed by atoms with Crippen LogP contribution in [0.1, 0.15) is 37.0 Å². The molecule has 0 N–H and O–H groups in total. The van der Waals surface area contributed by atoms with E-state index in [-0.39, 0.29) is 11.6 Å². The van der Waals surface area contributed by atoms with Crippen molar-refractivity contribution in [2.45, 2.75) is 26.7 Å². The molecule has 0 aliphatic rings. The molecule has 0 aliphatic heterocycles. The van der Waals surface area contributed by atoms with Crippen molar-refractivity contribution in [1.82, 2.24) is 0 Å². The van der Waals surface area contributed by atoms with Gasteiger partial charge in [0.25, 0.3) is 0 Å². The highest BCUT2D eigenvalue weighted by Gasteiger charge is 2.25. The lowest BCUT2D eigenvalue weighted by atomic mass is 9.90. The lowest BCUT2D eigenvalue weighted by molar-refractivity contribution is -0.119. The van der Waals surface area contributed by atoms with Crippen LogP contribution in [0.5, 0.6) is 0 Å². The minimum Gasteiger partial charge on any atom is -0.299 e.